The second-order valence-corrected chi connectivity index (χ2v) is 5.40. The maximum absolute atomic E-state index is 11.7. The lowest BCUT2D eigenvalue weighted by Crippen LogP contribution is -2.34. The van der Waals surface area contributed by atoms with E-state index in [1.807, 2.05) is 16.8 Å². The highest BCUT2D eigenvalue weighted by atomic mass is 32.2. The molecule has 2 heterocycles. The summed E-state index contributed by atoms with van der Waals surface area (Å²) in [5.41, 5.74) is 1.08. The molecule has 1 aromatic heterocycles. The van der Waals surface area contributed by atoms with Crippen LogP contribution in [0, 0.1) is 0 Å². The number of carbonyl (C=O) groups excluding carboxylic acids is 2. The summed E-state index contributed by atoms with van der Waals surface area (Å²) in [4.78, 5) is 24.7. The van der Waals surface area contributed by atoms with E-state index >= 15 is 0 Å². The molecule has 17 heavy (non-hydrogen) atoms. The normalized spacial score (nSPS) is 19.7. The highest BCUT2D eigenvalue weighted by Gasteiger charge is 2.34. The number of carbonyl (C=O) groups is 2. The highest BCUT2D eigenvalue weighted by Crippen LogP contribution is 2.39. The van der Waals surface area contributed by atoms with Crippen molar-refractivity contribution in [3.8, 4) is 0 Å². The first-order valence-electron chi connectivity index (χ1n) is 5.31. The minimum Gasteiger partial charge on any atom is -0.465 e. The van der Waals surface area contributed by atoms with Gasteiger partial charge in [-0.15, -0.1) is 11.8 Å². The summed E-state index contributed by atoms with van der Waals surface area (Å²) in [5, 5.41) is 3.94. The Morgan fingerprint density at radius 3 is 3.12 bits per heavy atom. The molecule has 0 bridgehead atoms. The quantitative estimate of drug-likeness (QED) is 0.785. The maximum atomic E-state index is 11.7. The molecule has 0 spiro atoms. The molecule has 2 rings (SSSR count). The number of hydrogen-bond donors (Lipinski definition) is 0. The van der Waals surface area contributed by atoms with Gasteiger partial charge in [0.15, 0.2) is 0 Å². The second kappa shape index (κ2) is 5.55. The lowest BCUT2D eigenvalue weighted by molar-refractivity contribution is -0.148. The summed E-state index contributed by atoms with van der Waals surface area (Å²) in [6.45, 7) is 2.14. The first-order valence-corrected chi connectivity index (χ1v) is 7.30. The standard InChI is InChI=1S/C11H13NO3S2/c1-2-15-10(14)5-12-9(13)7-17-11(12)8-3-4-16-6-8/h3-4,6,11H,2,5,7H2,1H3. The number of esters is 1. The number of thiophene rings is 1. The Morgan fingerprint density at radius 1 is 1.65 bits per heavy atom. The first-order chi connectivity index (χ1) is 8.22. The van der Waals surface area contributed by atoms with E-state index in [-0.39, 0.29) is 23.8 Å². The molecule has 0 aromatic carbocycles. The van der Waals surface area contributed by atoms with Crippen LogP contribution >= 0.6 is 23.1 Å². The van der Waals surface area contributed by atoms with E-state index in [2.05, 4.69) is 0 Å². The van der Waals surface area contributed by atoms with Gasteiger partial charge in [-0.2, -0.15) is 11.3 Å². The molecule has 1 amide bonds. The fourth-order valence-corrected chi connectivity index (χ4v) is 3.60. The van der Waals surface area contributed by atoms with Gasteiger partial charge in [0.1, 0.15) is 11.9 Å². The van der Waals surface area contributed by atoms with Crippen molar-refractivity contribution in [2.45, 2.75) is 12.3 Å². The minimum atomic E-state index is -0.344. The number of amides is 1. The van der Waals surface area contributed by atoms with E-state index in [0.717, 1.165) is 5.56 Å². The van der Waals surface area contributed by atoms with Crippen molar-refractivity contribution in [1.29, 1.82) is 0 Å². The van der Waals surface area contributed by atoms with Crippen molar-refractivity contribution in [2.75, 3.05) is 18.9 Å². The molecular formula is C11H13NO3S2. The van der Waals surface area contributed by atoms with E-state index in [9.17, 15) is 9.59 Å². The molecule has 1 aromatic rings. The molecule has 1 atom stereocenters. The van der Waals surface area contributed by atoms with Crippen LogP contribution in [0.3, 0.4) is 0 Å². The van der Waals surface area contributed by atoms with Gasteiger partial charge in [-0.3, -0.25) is 9.59 Å². The van der Waals surface area contributed by atoms with Crippen molar-refractivity contribution in [1.82, 2.24) is 4.90 Å². The van der Waals surface area contributed by atoms with Crippen molar-refractivity contribution >= 4 is 35.0 Å². The Balaban J connectivity index is 2.07. The molecule has 1 fully saturated rings. The van der Waals surface area contributed by atoms with Crippen LogP contribution in [-0.4, -0.2) is 35.7 Å². The van der Waals surface area contributed by atoms with E-state index in [0.29, 0.717) is 12.4 Å². The molecule has 4 nitrogen and oxygen atoms in total. The van der Waals surface area contributed by atoms with E-state index in [1.165, 1.54) is 0 Å². The Labute approximate surface area is 108 Å². The summed E-state index contributed by atoms with van der Waals surface area (Å²) >= 11 is 3.14. The average Bonchev–Trinajstić information content (AvgIpc) is 2.90. The zero-order chi connectivity index (χ0) is 12.3. The van der Waals surface area contributed by atoms with Crippen LogP contribution in [0.5, 0.6) is 0 Å². The third-order valence-corrected chi connectivity index (χ3v) is 4.36. The van der Waals surface area contributed by atoms with Crippen LogP contribution in [0.15, 0.2) is 16.8 Å². The second-order valence-electron chi connectivity index (χ2n) is 3.55. The Hall–Kier alpha value is -1.01. The first kappa shape index (κ1) is 12.4. The molecule has 1 unspecified atom stereocenters. The van der Waals surface area contributed by atoms with E-state index in [4.69, 9.17) is 4.74 Å². The summed E-state index contributed by atoms with van der Waals surface area (Å²) in [6.07, 6.45) is 0. The van der Waals surface area contributed by atoms with Gasteiger partial charge in [0, 0.05) is 0 Å². The molecule has 1 saturated heterocycles. The monoisotopic (exact) mass is 271 g/mol. The maximum Gasteiger partial charge on any atom is 0.325 e. The topological polar surface area (TPSA) is 46.6 Å². The van der Waals surface area contributed by atoms with Crippen LogP contribution < -0.4 is 0 Å². The van der Waals surface area contributed by atoms with E-state index in [1.54, 1.807) is 34.9 Å². The van der Waals surface area contributed by atoms with Gasteiger partial charge in [-0.05, 0) is 29.3 Å². The summed E-state index contributed by atoms with van der Waals surface area (Å²) < 4.78 is 4.88. The third-order valence-electron chi connectivity index (χ3n) is 2.40. The van der Waals surface area contributed by atoms with Gasteiger partial charge < -0.3 is 9.64 Å². The molecule has 92 valence electrons. The zero-order valence-corrected chi connectivity index (χ0v) is 11.1. The number of ether oxygens (including phenoxy) is 1. The van der Waals surface area contributed by atoms with Crippen LogP contribution in [0.1, 0.15) is 17.9 Å². The van der Waals surface area contributed by atoms with Gasteiger partial charge >= 0.3 is 5.97 Å². The molecule has 0 N–H and O–H groups in total. The van der Waals surface area contributed by atoms with Crippen molar-refractivity contribution in [2.24, 2.45) is 0 Å². The van der Waals surface area contributed by atoms with Crippen LogP contribution in [0.2, 0.25) is 0 Å². The summed E-state index contributed by atoms with van der Waals surface area (Å²) in [7, 11) is 0. The van der Waals surface area contributed by atoms with Crippen molar-refractivity contribution < 1.29 is 14.3 Å². The average molecular weight is 271 g/mol. The number of thioether (sulfide) groups is 1. The molecule has 0 aliphatic carbocycles. The highest BCUT2D eigenvalue weighted by molar-refractivity contribution is 8.00. The Morgan fingerprint density at radius 2 is 2.47 bits per heavy atom. The Bertz CT molecular complexity index is 405. The van der Waals surface area contributed by atoms with Gasteiger partial charge in [-0.25, -0.2) is 0 Å². The molecule has 6 heteroatoms. The zero-order valence-electron chi connectivity index (χ0n) is 9.42. The number of nitrogens with zero attached hydrogens (tertiary/aromatic N) is 1. The lowest BCUT2D eigenvalue weighted by atomic mass is 10.3. The largest absolute Gasteiger partial charge is 0.465 e. The SMILES string of the molecule is CCOC(=O)CN1C(=O)CSC1c1ccsc1. The van der Waals surface area contributed by atoms with Crippen molar-refractivity contribution in [3.63, 3.8) is 0 Å². The molecule has 1 aliphatic heterocycles. The van der Waals surface area contributed by atoms with Crippen LogP contribution in [-0.2, 0) is 14.3 Å². The number of rotatable bonds is 4. The third kappa shape index (κ3) is 2.81. The summed E-state index contributed by atoms with van der Waals surface area (Å²) in [6, 6.07) is 1.99. The molecule has 1 aliphatic rings. The number of hydrogen-bond acceptors (Lipinski definition) is 5. The fourth-order valence-electron chi connectivity index (χ4n) is 1.66. The Kier molecular flexibility index (Phi) is 4.06. The van der Waals surface area contributed by atoms with Gasteiger partial charge in [0.25, 0.3) is 0 Å². The summed E-state index contributed by atoms with van der Waals surface area (Å²) in [5.74, 6) is 0.0859. The van der Waals surface area contributed by atoms with Crippen molar-refractivity contribution in [3.05, 3.63) is 22.4 Å². The van der Waals surface area contributed by atoms with Gasteiger partial charge in [0.2, 0.25) is 5.91 Å². The molecule has 0 radical (unpaired) electrons. The smallest absolute Gasteiger partial charge is 0.325 e. The van der Waals surface area contributed by atoms with Gasteiger partial charge in [-0.1, -0.05) is 0 Å². The predicted molar refractivity (Wildman–Crippen MR) is 67.9 cm³/mol. The fraction of sp³-hybridized carbons (Fsp3) is 0.455. The van der Waals surface area contributed by atoms with Crippen LogP contribution in [0.4, 0.5) is 0 Å². The molecule has 0 saturated carbocycles. The van der Waals surface area contributed by atoms with Gasteiger partial charge in [0.05, 0.1) is 12.4 Å². The molecular weight excluding hydrogens is 258 g/mol. The lowest BCUT2D eigenvalue weighted by Gasteiger charge is -2.22. The predicted octanol–water partition coefficient (Wildman–Crippen LogP) is 1.89. The minimum absolute atomic E-state index is 0.000692. The van der Waals surface area contributed by atoms with E-state index < -0.39 is 0 Å². The van der Waals surface area contributed by atoms with Crippen LogP contribution in [0.25, 0.3) is 0 Å².